The Balaban J connectivity index is 2.44. The van der Waals surface area contributed by atoms with Gasteiger partial charge in [-0.05, 0) is 29.0 Å². The summed E-state index contributed by atoms with van der Waals surface area (Å²) in [7, 11) is 0. The zero-order valence-corrected chi connectivity index (χ0v) is 10.5. The van der Waals surface area contributed by atoms with Crippen molar-refractivity contribution < 1.29 is 0 Å². The van der Waals surface area contributed by atoms with E-state index in [1.54, 1.807) is 16.5 Å². The van der Waals surface area contributed by atoms with Gasteiger partial charge in [-0.25, -0.2) is 0 Å². The minimum Gasteiger partial charge on any atom is -0.307 e. The fourth-order valence-electron chi connectivity index (χ4n) is 2.41. The van der Waals surface area contributed by atoms with E-state index in [0.717, 1.165) is 5.39 Å². The highest BCUT2D eigenvalue weighted by molar-refractivity contribution is 7.17. The van der Waals surface area contributed by atoms with E-state index in [1.165, 1.54) is 11.3 Å². The molecule has 5 heteroatoms. The summed E-state index contributed by atoms with van der Waals surface area (Å²) in [5.41, 5.74) is 0.937. The maximum Gasteiger partial charge on any atom is 0.269 e. The number of fused-ring (bicyclic) bond motifs is 4. The van der Waals surface area contributed by atoms with Crippen LogP contribution in [0.3, 0.4) is 0 Å². The second-order valence-electron chi connectivity index (χ2n) is 4.35. The van der Waals surface area contributed by atoms with Crippen LogP contribution in [0.5, 0.6) is 0 Å². The Labute approximate surface area is 110 Å². The second kappa shape index (κ2) is 3.55. The molecule has 0 atom stereocenters. The molecule has 0 bridgehead atoms. The van der Waals surface area contributed by atoms with E-state index < -0.39 is 0 Å². The number of benzene rings is 1. The largest absolute Gasteiger partial charge is 0.307 e. The molecule has 0 saturated heterocycles. The lowest BCUT2D eigenvalue weighted by Gasteiger charge is -2.04. The van der Waals surface area contributed by atoms with Crippen molar-refractivity contribution in [3.8, 4) is 0 Å². The monoisotopic (exact) mass is 268 g/mol. The van der Waals surface area contributed by atoms with E-state index in [2.05, 4.69) is 4.98 Å². The lowest BCUT2D eigenvalue weighted by atomic mass is 10.2. The molecule has 0 aliphatic carbocycles. The van der Waals surface area contributed by atoms with Gasteiger partial charge in [-0.15, -0.1) is 11.3 Å². The van der Waals surface area contributed by atoms with E-state index >= 15 is 0 Å². The summed E-state index contributed by atoms with van der Waals surface area (Å²) in [6.07, 6.45) is 0. The Morgan fingerprint density at radius 3 is 2.84 bits per heavy atom. The van der Waals surface area contributed by atoms with Crippen molar-refractivity contribution in [3.63, 3.8) is 0 Å². The predicted octanol–water partition coefficient (Wildman–Crippen LogP) is 2.36. The lowest BCUT2D eigenvalue weighted by Crippen LogP contribution is -2.19. The van der Waals surface area contributed by atoms with Crippen LogP contribution in [0.4, 0.5) is 0 Å². The zero-order valence-electron chi connectivity index (χ0n) is 9.71. The fraction of sp³-hybridized carbons (Fsp3) is 0. The first kappa shape index (κ1) is 10.5. The number of hydrogen-bond acceptors (Lipinski definition) is 3. The number of rotatable bonds is 0. The number of H-pyrrole nitrogens is 1. The van der Waals surface area contributed by atoms with Gasteiger partial charge in [0.05, 0.1) is 5.52 Å². The summed E-state index contributed by atoms with van der Waals surface area (Å²) >= 11 is 1.34. The van der Waals surface area contributed by atoms with Gasteiger partial charge in [-0.2, -0.15) is 0 Å². The first-order chi connectivity index (χ1) is 9.25. The smallest absolute Gasteiger partial charge is 0.269 e. The highest BCUT2D eigenvalue weighted by atomic mass is 32.1. The summed E-state index contributed by atoms with van der Waals surface area (Å²) < 4.78 is 2.14. The van der Waals surface area contributed by atoms with Crippen molar-refractivity contribution >= 4 is 38.0 Å². The third-order valence-corrected chi connectivity index (χ3v) is 4.16. The van der Waals surface area contributed by atoms with Gasteiger partial charge in [0.1, 0.15) is 10.3 Å². The van der Waals surface area contributed by atoms with Crippen LogP contribution in [0.15, 0.2) is 51.4 Å². The van der Waals surface area contributed by atoms with Crippen molar-refractivity contribution in [3.05, 3.63) is 62.5 Å². The average molecular weight is 268 g/mol. The molecule has 0 spiro atoms. The average Bonchev–Trinajstić information content (AvgIpc) is 2.88. The maximum absolute atomic E-state index is 12.6. The number of pyridine rings is 1. The topological polar surface area (TPSA) is 54.3 Å². The molecule has 0 aliphatic rings. The van der Waals surface area contributed by atoms with Crippen LogP contribution in [0, 0.1) is 0 Å². The molecule has 19 heavy (non-hydrogen) atoms. The lowest BCUT2D eigenvalue weighted by molar-refractivity contribution is 1.11. The number of hydrogen-bond donors (Lipinski definition) is 1. The van der Waals surface area contributed by atoms with Gasteiger partial charge in [-0.3, -0.25) is 14.0 Å². The third kappa shape index (κ3) is 1.33. The van der Waals surface area contributed by atoms with Crippen molar-refractivity contribution in [2.45, 2.75) is 0 Å². The Morgan fingerprint density at radius 2 is 1.95 bits per heavy atom. The normalized spacial score (nSPS) is 11.6. The van der Waals surface area contributed by atoms with Gasteiger partial charge in [0.15, 0.2) is 0 Å². The molecule has 0 saturated carbocycles. The highest BCUT2D eigenvalue weighted by Gasteiger charge is 2.10. The van der Waals surface area contributed by atoms with Crippen molar-refractivity contribution in [1.82, 2.24) is 9.38 Å². The van der Waals surface area contributed by atoms with Crippen LogP contribution in [-0.2, 0) is 0 Å². The molecule has 4 rings (SSSR count). The summed E-state index contributed by atoms with van der Waals surface area (Å²) in [5.74, 6) is 0. The van der Waals surface area contributed by atoms with E-state index in [9.17, 15) is 9.59 Å². The van der Waals surface area contributed by atoms with E-state index in [1.807, 2.05) is 29.6 Å². The molecule has 3 heterocycles. The third-order valence-electron chi connectivity index (χ3n) is 3.26. The molecule has 92 valence electrons. The second-order valence-corrected chi connectivity index (χ2v) is 5.26. The minimum atomic E-state index is -0.153. The molecule has 0 radical (unpaired) electrons. The molecule has 3 aromatic heterocycles. The maximum atomic E-state index is 12.6. The number of aromatic nitrogens is 2. The van der Waals surface area contributed by atoms with Gasteiger partial charge in [0.25, 0.3) is 11.1 Å². The molecule has 1 aromatic carbocycles. The molecule has 0 unspecified atom stereocenters. The molecule has 0 aliphatic heterocycles. The molecule has 0 fully saturated rings. The van der Waals surface area contributed by atoms with Gasteiger partial charge in [-0.1, -0.05) is 18.2 Å². The SMILES string of the molecule is O=c1[nH]c2cc3ccccc3c(=O)n2c2ccsc12. The van der Waals surface area contributed by atoms with Crippen LogP contribution >= 0.6 is 11.3 Å². The van der Waals surface area contributed by atoms with Crippen molar-refractivity contribution in [2.24, 2.45) is 0 Å². The molecular formula is C14H8N2O2S. The predicted molar refractivity (Wildman–Crippen MR) is 77.2 cm³/mol. The van der Waals surface area contributed by atoms with Crippen LogP contribution in [0.1, 0.15) is 0 Å². The summed E-state index contributed by atoms with van der Waals surface area (Å²) in [6, 6.07) is 11.0. The standard InChI is InChI=1S/C14H8N2O2S/c17-13-12-10(5-6-19-12)16-11(15-13)7-8-3-1-2-4-9(8)14(16)18/h1-7H,(H,15,17). The molecule has 4 nitrogen and oxygen atoms in total. The van der Waals surface area contributed by atoms with E-state index in [4.69, 9.17) is 0 Å². The van der Waals surface area contributed by atoms with Crippen LogP contribution < -0.4 is 11.1 Å². The Morgan fingerprint density at radius 1 is 1.11 bits per heavy atom. The quantitative estimate of drug-likeness (QED) is 0.498. The van der Waals surface area contributed by atoms with Gasteiger partial charge < -0.3 is 4.98 Å². The van der Waals surface area contributed by atoms with E-state index in [-0.39, 0.29) is 11.1 Å². The number of aromatic amines is 1. The number of nitrogens with one attached hydrogen (secondary N) is 1. The number of nitrogens with zero attached hydrogens (tertiary/aromatic N) is 1. The number of thiophene rings is 1. The highest BCUT2D eigenvalue weighted by Crippen LogP contribution is 2.18. The van der Waals surface area contributed by atoms with Gasteiger partial charge in [0, 0.05) is 5.39 Å². The molecule has 1 N–H and O–H groups in total. The minimum absolute atomic E-state index is 0.104. The molecule has 0 amide bonds. The van der Waals surface area contributed by atoms with Crippen molar-refractivity contribution in [2.75, 3.05) is 0 Å². The Hall–Kier alpha value is -2.40. The zero-order chi connectivity index (χ0) is 13.0. The van der Waals surface area contributed by atoms with Gasteiger partial charge in [0.2, 0.25) is 0 Å². The first-order valence-electron chi connectivity index (χ1n) is 5.80. The Bertz CT molecular complexity index is 1060. The Kier molecular flexibility index (Phi) is 1.97. The molecule has 4 aromatic rings. The summed E-state index contributed by atoms with van der Waals surface area (Å²) in [5, 5.41) is 3.30. The molecular weight excluding hydrogens is 260 g/mol. The van der Waals surface area contributed by atoms with Gasteiger partial charge >= 0.3 is 0 Å². The summed E-state index contributed by atoms with van der Waals surface area (Å²) in [6.45, 7) is 0. The summed E-state index contributed by atoms with van der Waals surface area (Å²) in [4.78, 5) is 27.3. The fourth-order valence-corrected chi connectivity index (χ4v) is 3.18. The van der Waals surface area contributed by atoms with E-state index in [0.29, 0.717) is 21.3 Å². The van der Waals surface area contributed by atoms with Crippen LogP contribution in [-0.4, -0.2) is 9.38 Å². The van der Waals surface area contributed by atoms with Crippen LogP contribution in [0.25, 0.3) is 26.6 Å². The first-order valence-corrected chi connectivity index (χ1v) is 6.68. The van der Waals surface area contributed by atoms with Crippen LogP contribution in [0.2, 0.25) is 0 Å². The van der Waals surface area contributed by atoms with Crippen molar-refractivity contribution in [1.29, 1.82) is 0 Å².